The van der Waals surface area contributed by atoms with Crippen LogP contribution in [0.25, 0.3) is 0 Å². The summed E-state index contributed by atoms with van der Waals surface area (Å²) in [7, 11) is 0. The molecule has 1 amide bonds. The van der Waals surface area contributed by atoms with Crippen LogP contribution < -0.4 is 14.8 Å². The predicted molar refractivity (Wildman–Crippen MR) is 93.5 cm³/mol. The molecule has 1 N–H and O–H groups in total. The van der Waals surface area contributed by atoms with Crippen molar-refractivity contribution >= 4 is 5.91 Å². The van der Waals surface area contributed by atoms with Gasteiger partial charge in [0.15, 0.2) is 11.5 Å². The van der Waals surface area contributed by atoms with Crippen LogP contribution in [0.3, 0.4) is 0 Å². The summed E-state index contributed by atoms with van der Waals surface area (Å²) >= 11 is 0. The fourth-order valence-corrected chi connectivity index (χ4v) is 2.57. The van der Waals surface area contributed by atoms with Crippen molar-refractivity contribution in [3.8, 4) is 11.5 Å². The summed E-state index contributed by atoms with van der Waals surface area (Å²) in [6.07, 6.45) is 0. The quantitative estimate of drug-likeness (QED) is 0.928. The van der Waals surface area contributed by atoms with E-state index >= 15 is 0 Å². The zero-order chi connectivity index (χ0) is 17.2. The van der Waals surface area contributed by atoms with Crippen LogP contribution in [-0.2, 0) is 0 Å². The Morgan fingerprint density at radius 3 is 2.42 bits per heavy atom. The molecule has 1 atom stereocenters. The van der Waals surface area contributed by atoms with Crippen LogP contribution in [0, 0.1) is 5.41 Å². The van der Waals surface area contributed by atoms with Gasteiger partial charge >= 0.3 is 0 Å². The van der Waals surface area contributed by atoms with Gasteiger partial charge in [0, 0.05) is 11.0 Å². The van der Waals surface area contributed by atoms with Crippen LogP contribution in [0.15, 0.2) is 48.5 Å². The highest BCUT2D eigenvalue weighted by Gasteiger charge is 2.25. The van der Waals surface area contributed by atoms with E-state index in [1.54, 1.807) is 18.2 Å². The average Bonchev–Trinajstić information content (AvgIpc) is 2.74. The minimum Gasteiger partial charge on any atom is -0.489 e. The fourth-order valence-electron chi connectivity index (χ4n) is 2.57. The van der Waals surface area contributed by atoms with Gasteiger partial charge in [0.2, 0.25) is 0 Å². The number of rotatable bonds is 3. The van der Waals surface area contributed by atoms with Gasteiger partial charge in [0.05, 0.1) is 19.3 Å². The second-order valence-corrected chi connectivity index (χ2v) is 7.01. The maximum Gasteiger partial charge on any atom is 0.251 e. The molecule has 1 aliphatic heterocycles. The topological polar surface area (TPSA) is 47.6 Å². The molecule has 0 spiro atoms. The van der Waals surface area contributed by atoms with Crippen LogP contribution >= 0.6 is 0 Å². The van der Waals surface area contributed by atoms with Crippen molar-refractivity contribution in [2.45, 2.75) is 26.8 Å². The van der Waals surface area contributed by atoms with Gasteiger partial charge in [0.25, 0.3) is 5.91 Å². The molecular weight excluding hydrogens is 302 g/mol. The molecule has 24 heavy (non-hydrogen) atoms. The predicted octanol–water partition coefficient (Wildman–Crippen LogP) is 3.98. The molecule has 0 radical (unpaired) electrons. The Morgan fingerprint density at radius 1 is 1.04 bits per heavy atom. The Labute approximate surface area is 142 Å². The van der Waals surface area contributed by atoms with E-state index in [1.165, 1.54) is 0 Å². The lowest BCUT2D eigenvalue weighted by molar-refractivity contribution is 0.0939. The Balaban J connectivity index is 1.74. The Bertz CT molecular complexity index is 725. The summed E-state index contributed by atoms with van der Waals surface area (Å²) in [5.41, 5.74) is 1.59. The highest BCUT2D eigenvalue weighted by Crippen LogP contribution is 2.34. The second kappa shape index (κ2) is 6.56. The number of carbonyl (C=O) groups is 1. The Kier molecular flexibility index (Phi) is 4.47. The van der Waals surface area contributed by atoms with Gasteiger partial charge in [-0.25, -0.2) is 0 Å². The molecule has 2 aromatic rings. The van der Waals surface area contributed by atoms with Crippen molar-refractivity contribution in [2.75, 3.05) is 13.2 Å². The number of hydrogen-bond donors (Lipinski definition) is 1. The summed E-state index contributed by atoms with van der Waals surface area (Å²) in [4.78, 5) is 12.5. The zero-order valence-electron chi connectivity index (χ0n) is 14.3. The molecule has 126 valence electrons. The van der Waals surface area contributed by atoms with Gasteiger partial charge in [-0.05, 0) is 30.7 Å². The molecular formula is C20H23NO3. The molecule has 0 bridgehead atoms. The molecule has 0 fully saturated rings. The summed E-state index contributed by atoms with van der Waals surface area (Å²) < 4.78 is 11.6. The first-order valence-electron chi connectivity index (χ1n) is 8.20. The second-order valence-electron chi connectivity index (χ2n) is 7.01. The Hall–Kier alpha value is -2.49. The summed E-state index contributed by atoms with van der Waals surface area (Å²) in [5.74, 6) is 1.19. The molecule has 1 heterocycles. The first kappa shape index (κ1) is 16.4. The summed E-state index contributed by atoms with van der Waals surface area (Å²) in [6.45, 7) is 7.31. The van der Waals surface area contributed by atoms with Crippen LogP contribution in [0.5, 0.6) is 11.5 Å². The molecule has 0 unspecified atom stereocenters. The fraction of sp³-hybridized carbons (Fsp3) is 0.350. The molecule has 4 heteroatoms. The van der Waals surface area contributed by atoms with Crippen molar-refractivity contribution < 1.29 is 14.3 Å². The molecule has 0 aliphatic carbocycles. The van der Waals surface area contributed by atoms with Crippen molar-refractivity contribution in [1.82, 2.24) is 5.32 Å². The maximum atomic E-state index is 12.5. The average molecular weight is 325 g/mol. The van der Waals surface area contributed by atoms with E-state index in [-0.39, 0.29) is 17.4 Å². The number of benzene rings is 2. The summed E-state index contributed by atoms with van der Waals surface area (Å²) in [6, 6.07) is 15.2. The number of hydrogen-bond acceptors (Lipinski definition) is 3. The lowest BCUT2D eigenvalue weighted by Crippen LogP contribution is -2.26. The SMILES string of the molecule is C[C@H](NC(=O)c1ccc2c(c1)OCC(C)(C)CO2)c1ccccc1. The van der Waals surface area contributed by atoms with Gasteiger partial charge in [-0.2, -0.15) is 0 Å². The smallest absolute Gasteiger partial charge is 0.251 e. The van der Waals surface area contributed by atoms with Gasteiger partial charge in [-0.15, -0.1) is 0 Å². The van der Waals surface area contributed by atoms with E-state index < -0.39 is 0 Å². The number of fused-ring (bicyclic) bond motifs is 1. The van der Waals surface area contributed by atoms with Crippen LogP contribution in [0.1, 0.15) is 42.7 Å². The van der Waals surface area contributed by atoms with E-state index in [1.807, 2.05) is 37.3 Å². The zero-order valence-corrected chi connectivity index (χ0v) is 14.3. The molecule has 4 nitrogen and oxygen atoms in total. The molecule has 0 saturated heterocycles. The van der Waals surface area contributed by atoms with Crippen molar-refractivity contribution in [3.05, 3.63) is 59.7 Å². The number of carbonyl (C=O) groups excluding carboxylic acids is 1. The molecule has 0 aromatic heterocycles. The van der Waals surface area contributed by atoms with Gasteiger partial charge in [-0.1, -0.05) is 44.2 Å². The number of nitrogens with one attached hydrogen (secondary N) is 1. The molecule has 0 saturated carbocycles. The normalized spacial score (nSPS) is 16.8. The van der Waals surface area contributed by atoms with Gasteiger partial charge in [-0.3, -0.25) is 4.79 Å². The van der Waals surface area contributed by atoms with Gasteiger partial charge < -0.3 is 14.8 Å². The molecule has 3 rings (SSSR count). The van der Waals surface area contributed by atoms with Crippen molar-refractivity contribution in [3.63, 3.8) is 0 Å². The third kappa shape index (κ3) is 3.70. The lowest BCUT2D eigenvalue weighted by atomic mass is 9.97. The third-order valence-corrected chi connectivity index (χ3v) is 4.09. The maximum absolute atomic E-state index is 12.5. The molecule has 1 aliphatic rings. The highest BCUT2D eigenvalue weighted by molar-refractivity contribution is 5.95. The van der Waals surface area contributed by atoms with Gasteiger partial charge in [0.1, 0.15) is 0 Å². The first-order valence-corrected chi connectivity index (χ1v) is 8.20. The van der Waals surface area contributed by atoms with Crippen molar-refractivity contribution in [2.24, 2.45) is 5.41 Å². The van der Waals surface area contributed by atoms with E-state index in [9.17, 15) is 4.79 Å². The minimum absolute atomic E-state index is 0.0523. The largest absolute Gasteiger partial charge is 0.489 e. The highest BCUT2D eigenvalue weighted by atomic mass is 16.5. The molecule has 2 aromatic carbocycles. The van der Waals surface area contributed by atoms with E-state index in [0.29, 0.717) is 30.3 Å². The Morgan fingerprint density at radius 2 is 1.71 bits per heavy atom. The monoisotopic (exact) mass is 325 g/mol. The standard InChI is InChI=1S/C20H23NO3/c1-14(15-7-5-4-6-8-15)21-19(22)16-9-10-17-18(11-16)24-13-20(2,3)12-23-17/h4-11,14H,12-13H2,1-3H3,(H,21,22)/t14-/m0/s1. The van der Waals surface area contributed by atoms with E-state index in [4.69, 9.17) is 9.47 Å². The third-order valence-electron chi connectivity index (χ3n) is 4.09. The van der Waals surface area contributed by atoms with E-state index in [0.717, 1.165) is 5.56 Å². The van der Waals surface area contributed by atoms with E-state index in [2.05, 4.69) is 19.2 Å². The number of amides is 1. The first-order chi connectivity index (χ1) is 11.4. The van der Waals surface area contributed by atoms with Crippen molar-refractivity contribution in [1.29, 1.82) is 0 Å². The lowest BCUT2D eigenvalue weighted by Gasteiger charge is -2.19. The minimum atomic E-state index is -0.124. The van der Waals surface area contributed by atoms with Crippen LogP contribution in [0.4, 0.5) is 0 Å². The van der Waals surface area contributed by atoms with Crippen LogP contribution in [-0.4, -0.2) is 19.1 Å². The summed E-state index contributed by atoms with van der Waals surface area (Å²) in [5, 5.41) is 3.02. The number of ether oxygens (including phenoxy) is 2. The van der Waals surface area contributed by atoms with Crippen LogP contribution in [0.2, 0.25) is 0 Å².